The molecule has 0 atom stereocenters. The molecule has 0 bridgehead atoms. The molecule has 2 aromatic carbocycles. The lowest BCUT2D eigenvalue weighted by Gasteiger charge is -2.29. The highest BCUT2D eigenvalue weighted by atomic mass is 16.7. The molecule has 0 aliphatic carbocycles. The number of aromatic nitrogens is 2. The van der Waals surface area contributed by atoms with E-state index in [9.17, 15) is 9.59 Å². The summed E-state index contributed by atoms with van der Waals surface area (Å²) in [6.45, 7) is 2.94. The molecule has 9 nitrogen and oxygen atoms in total. The number of carbonyl (C=O) groups excluding carboxylic acids is 2. The van der Waals surface area contributed by atoms with Crippen LogP contribution in [0.1, 0.15) is 37.1 Å². The Balaban J connectivity index is 1.16. The summed E-state index contributed by atoms with van der Waals surface area (Å²) in [5.41, 5.74) is 2.41. The van der Waals surface area contributed by atoms with Crippen molar-refractivity contribution in [3.05, 3.63) is 60.0 Å². The molecular formula is C25H24N4O5. The first-order chi connectivity index (χ1) is 16.5. The summed E-state index contributed by atoms with van der Waals surface area (Å²) in [4.78, 5) is 30.2. The van der Waals surface area contributed by atoms with E-state index in [0.29, 0.717) is 36.2 Å². The van der Waals surface area contributed by atoms with Crippen LogP contribution in [0.25, 0.3) is 17.5 Å². The quantitative estimate of drug-likeness (QED) is 0.577. The normalized spacial score (nSPS) is 15.6. The molecule has 1 aromatic heterocycles. The summed E-state index contributed by atoms with van der Waals surface area (Å²) in [7, 11) is 0. The average Bonchev–Trinajstić information content (AvgIpc) is 3.52. The Hall–Kier alpha value is -4.14. The Morgan fingerprint density at radius 2 is 1.82 bits per heavy atom. The standard InChI is InChI=1S/C25H24N4O5/c1-16(30)26-20-6-4-18(5-7-20)24-27-25(34-28-24)19-10-12-29(13-11-19)23(31)9-3-17-2-8-21-22(14-17)33-15-32-21/h2-9,14,19H,10-13,15H2,1H3,(H,26,30)/b9-3+. The third-order valence-electron chi connectivity index (χ3n) is 5.88. The largest absolute Gasteiger partial charge is 0.454 e. The van der Waals surface area contributed by atoms with Gasteiger partial charge in [0.05, 0.1) is 0 Å². The molecule has 5 rings (SSSR count). The zero-order chi connectivity index (χ0) is 23.5. The van der Waals surface area contributed by atoms with Crippen LogP contribution in [-0.4, -0.2) is 46.7 Å². The highest BCUT2D eigenvalue weighted by Crippen LogP contribution is 2.33. The maximum absolute atomic E-state index is 12.6. The number of nitrogens with zero attached hydrogens (tertiary/aromatic N) is 3. The molecule has 0 saturated carbocycles. The molecule has 3 heterocycles. The van der Waals surface area contributed by atoms with Crippen molar-refractivity contribution in [2.24, 2.45) is 0 Å². The zero-order valence-corrected chi connectivity index (χ0v) is 18.7. The Kier molecular flexibility index (Phi) is 5.99. The molecule has 2 aliphatic rings. The average molecular weight is 460 g/mol. The van der Waals surface area contributed by atoms with E-state index in [1.807, 2.05) is 35.2 Å². The van der Waals surface area contributed by atoms with E-state index in [4.69, 9.17) is 14.0 Å². The van der Waals surface area contributed by atoms with Crippen LogP contribution in [0.15, 0.2) is 53.1 Å². The van der Waals surface area contributed by atoms with Crippen molar-refractivity contribution >= 4 is 23.6 Å². The lowest BCUT2D eigenvalue weighted by molar-refractivity contribution is -0.127. The van der Waals surface area contributed by atoms with Gasteiger partial charge in [-0.15, -0.1) is 0 Å². The van der Waals surface area contributed by atoms with Crippen LogP contribution in [0.3, 0.4) is 0 Å². The monoisotopic (exact) mass is 460 g/mol. The lowest BCUT2D eigenvalue weighted by atomic mass is 9.96. The number of nitrogens with one attached hydrogen (secondary N) is 1. The summed E-state index contributed by atoms with van der Waals surface area (Å²) in [6, 6.07) is 12.9. The molecule has 0 spiro atoms. The first kappa shape index (κ1) is 21.7. The van der Waals surface area contributed by atoms with Crippen molar-refractivity contribution in [2.45, 2.75) is 25.7 Å². The van der Waals surface area contributed by atoms with Gasteiger partial charge in [0, 0.05) is 43.3 Å². The van der Waals surface area contributed by atoms with Gasteiger partial charge in [-0.05, 0) is 60.9 Å². The van der Waals surface area contributed by atoms with Crippen LogP contribution in [-0.2, 0) is 9.59 Å². The van der Waals surface area contributed by atoms with Gasteiger partial charge in [-0.2, -0.15) is 4.98 Å². The molecule has 0 radical (unpaired) electrons. The summed E-state index contributed by atoms with van der Waals surface area (Å²) in [5, 5.41) is 6.84. The second-order valence-corrected chi connectivity index (χ2v) is 8.26. The van der Waals surface area contributed by atoms with Crippen LogP contribution in [0, 0.1) is 0 Å². The van der Waals surface area contributed by atoms with Crippen LogP contribution >= 0.6 is 0 Å². The summed E-state index contributed by atoms with van der Waals surface area (Å²) >= 11 is 0. The van der Waals surface area contributed by atoms with Crippen molar-refractivity contribution in [2.75, 3.05) is 25.2 Å². The second kappa shape index (κ2) is 9.38. The van der Waals surface area contributed by atoms with Gasteiger partial charge in [-0.3, -0.25) is 9.59 Å². The molecule has 2 aliphatic heterocycles. The minimum atomic E-state index is -0.122. The Labute approximate surface area is 196 Å². The van der Waals surface area contributed by atoms with Crippen LogP contribution in [0.4, 0.5) is 5.69 Å². The van der Waals surface area contributed by atoms with Crippen molar-refractivity contribution in [1.82, 2.24) is 15.0 Å². The number of hydrogen-bond donors (Lipinski definition) is 1. The molecule has 1 N–H and O–H groups in total. The topological polar surface area (TPSA) is 107 Å². The van der Waals surface area contributed by atoms with Gasteiger partial charge >= 0.3 is 0 Å². The van der Waals surface area contributed by atoms with E-state index in [2.05, 4.69) is 15.5 Å². The molecular weight excluding hydrogens is 436 g/mol. The number of hydrogen-bond acceptors (Lipinski definition) is 7. The summed E-state index contributed by atoms with van der Waals surface area (Å²) in [5.74, 6) is 2.47. The third kappa shape index (κ3) is 4.78. The van der Waals surface area contributed by atoms with Crippen LogP contribution in [0.5, 0.6) is 11.5 Å². The maximum Gasteiger partial charge on any atom is 0.246 e. The fourth-order valence-corrected chi connectivity index (χ4v) is 4.06. The van der Waals surface area contributed by atoms with Crippen molar-refractivity contribution in [3.63, 3.8) is 0 Å². The number of likely N-dealkylation sites (tertiary alicyclic amines) is 1. The van der Waals surface area contributed by atoms with Crippen molar-refractivity contribution in [1.29, 1.82) is 0 Å². The van der Waals surface area contributed by atoms with E-state index >= 15 is 0 Å². The number of benzene rings is 2. The number of amides is 2. The Morgan fingerprint density at radius 3 is 2.59 bits per heavy atom. The summed E-state index contributed by atoms with van der Waals surface area (Å²) in [6.07, 6.45) is 4.89. The Bertz CT molecular complexity index is 1230. The predicted molar refractivity (Wildman–Crippen MR) is 124 cm³/mol. The molecule has 2 amide bonds. The number of anilines is 1. The van der Waals surface area contributed by atoms with Gasteiger partial charge < -0.3 is 24.2 Å². The number of fused-ring (bicyclic) bond motifs is 1. The molecule has 3 aromatic rings. The smallest absolute Gasteiger partial charge is 0.246 e. The van der Waals surface area contributed by atoms with Gasteiger partial charge in [-0.1, -0.05) is 11.2 Å². The zero-order valence-electron chi connectivity index (χ0n) is 18.7. The lowest BCUT2D eigenvalue weighted by Crippen LogP contribution is -2.36. The van der Waals surface area contributed by atoms with E-state index < -0.39 is 0 Å². The van der Waals surface area contributed by atoms with Gasteiger partial charge in [0.1, 0.15) is 0 Å². The van der Waals surface area contributed by atoms with Crippen molar-refractivity contribution in [3.8, 4) is 22.9 Å². The molecule has 1 fully saturated rings. The maximum atomic E-state index is 12.6. The first-order valence-electron chi connectivity index (χ1n) is 11.1. The molecule has 1 saturated heterocycles. The van der Waals surface area contributed by atoms with E-state index in [1.54, 1.807) is 24.3 Å². The minimum Gasteiger partial charge on any atom is -0.454 e. The number of ether oxygens (including phenoxy) is 2. The van der Waals surface area contributed by atoms with E-state index in [1.165, 1.54) is 6.92 Å². The second-order valence-electron chi connectivity index (χ2n) is 8.26. The fourth-order valence-electron chi connectivity index (χ4n) is 4.06. The van der Waals surface area contributed by atoms with Crippen LogP contribution in [0.2, 0.25) is 0 Å². The van der Waals surface area contributed by atoms with Crippen molar-refractivity contribution < 1.29 is 23.6 Å². The molecule has 0 unspecified atom stereocenters. The Morgan fingerprint density at radius 1 is 1.06 bits per heavy atom. The predicted octanol–water partition coefficient (Wildman–Crippen LogP) is 3.84. The number of carbonyl (C=O) groups is 2. The molecule has 9 heteroatoms. The highest BCUT2D eigenvalue weighted by molar-refractivity contribution is 5.92. The van der Waals surface area contributed by atoms with Gasteiger partial charge in [-0.25, -0.2) is 0 Å². The minimum absolute atomic E-state index is 0.0263. The SMILES string of the molecule is CC(=O)Nc1ccc(-c2noc(C3CCN(C(=O)/C=C/c4ccc5c(c4)OCO5)CC3)n2)cc1. The van der Waals surface area contributed by atoms with E-state index in [-0.39, 0.29) is 24.5 Å². The van der Waals surface area contributed by atoms with Gasteiger partial charge in [0.25, 0.3) is 0 Å². The molecule has 174 valence electrons. The third-order valence-corrected chi connectivity index (χ3v) is 5.88. The fraction of sp³-hybridized carbons (Fsp3) is 0.280. The first-order valence-corrected chi connectivity index (χ1v) is 11.1. The van der Waals surface area contributed by atoms with Crippen LogP contribution < -0.4 is 14.8 Å². The molecule has 34 heavy (non-hydrogen) atoms. The van der Waals surface area contributed by atoms with Gasteiger partial charge in [0.2, 0.25) is 30.3 Å². The highest BCUT2D eigenvalue weighted by Gasteiger charge is 2.27. The van der Waals surface area contributed by atoms with E-state index in [0.717, 1.165) is 29.7 Å². The number of rotatable bonds is 5. The number of piperidine rings is 1. The summed E-state index contributed by atoms with van der Waals surface area (Å²) < 4.78 is 16.2. The van der Waals surface area contributed by atoms with Gasteiger partial charge in [0.15, 0.2) is 11.5 Å².